The lowest BCUT2D eigenvalue weighted by molar-refractivity contribution is 0.534. The number of unbranched alkanes of at least 4 members (excludes halogenated alkanes) is 1. The summed E-state index contributed by atoms with van der Waals surface area (Å²) in [4.78, 5) is 0. The molecule has 2 aromatic heterocycles. The molecule has 2 heterocycles. The molecule has 212 valence electrons. The van der Waals surface area contributed by atoms with Crippen molar-refractivity contribution in [1.82, 2.24) is 0 Å². The smallest absolute Gasteiger partial charge is 0.153 e. The van der Waals surface area contributed by atoms with E-state index in [2.05, 4.69) is 135 Å². The zero-order valence-corrected chi connectivity index (χ0v) is 25.7. The van der Waals surface area contributed by atoms with E-state index in [1.807, 2.05) is 11.3 Å². The molecule has 0 spiro atoms. The molecule has 0 bridgehead atoms. The highest BCUT2D eigenvalue weighted by molar-refractivity contribution is 7.27. The van der Waals surface area contributed by atoms with Crippen molar-refractivity contribution in [2.45, 2.75) is 39.0 Å². The first-order chi connectivity index (χ1) is 21.1. The van der Waals surface area contributed by atoms with E-state index in [4.69, 9.17) is 4.42 Å². The van der Waals surface area contributed by atoms with Gasteiger partial charge in [0.15, 0.2) is 7.85 Å². The average molecular weight is 578 g/mol. The first kappa shape index (κ1) is 27.6. The van der Waals surface area contributed by atoms with E-state index in [0.717, 1.165) is 60.2 Å². The molecule has 0 saturated carbocycles. The van der Waals surface area contributed by atoms with Gasteiger partial charge in [-0.15, -0.1) is 0 Å². The Bertz CT molecular complexity index is 1980. The van der Waals surface area contributed by atoms with E-state index in [1.54, 1.807) is 0 Å². The van der Waals surface area contributed by atoms with E-state index in [1.165, 1.54) is 42.7 Å². The summed E-state index contributed by atoms with van der Waals surface area (Å²) in [6, 6.07) is 34.9. The highest BCUT2D eigenvalue weighted by atomic mass is 32.1. The summed E-state index contributed by atoms with van der Waals surface area (Å²) in [5.41, 5.74) is 9.86. The summed E-state index contributed by atoms with van der Waals surface area (Å²) in [6.07, 6.45) is 12.1. The fraction of sp³-hybridized carbons (Fsp3) is 0.179. The number of benzene rings is 4. The van der Waals surface area contributed by atoms with Gasteiger partial charge in [-0.25, -0.2) is 0 Å². The van der Waals surface area contributed by atoms with Gasteiger partial charge in [0, 0.05) is 22.2 Å². The molecule has 0 fully saturated rings. The lowest BCUT2D eigenvalue weighted by Gasteiger charge is -2.14. The topological polar surface area (TPSA) is 25.2 Å². The summed E-state index contributed by atoms with van der Waals surface area (Å²) < 4.78 is 9.20. The third-order valence-corrected chi connectivity index (χ3v) is 9.69. The van der Waals surface area contributed by atoms with Crippen molar-refractivity contribution in [1.29, 1.82) is 0 Å². The normalized spacial score (nSPS) is 14.8. The third kappa shape index (κ3) is 5.72. The van der Waals surface area contributed by atoms with Crippen molar-refractivity contribution >= 4 is 62.0 Å². The molecular formula is C39H36BNOS. The Hall–Kier alpha value is -4.28. The number of thiophene rings is 1. The van der Waals surface area contributed by atoms with Crippen molar-refractivity contribution in [3.63, 3.8) is 0 Å². The molecule has 0 aliphatic heterocycles. The fourth-order valence-corrected chi connectivity index (χ4v) is 7.44. The second kappa shape index (κ2) is 12.1. The number of fused-ring (bicyclic) bond motifs is 2. The number of hydrogen-bond donors (Lipinski definition) is 1. The van der Waals surface area contributed by atoms with Crippen LogP contribution in [-0.4, -0.2) is 7.85 Å². The standard InChI is InChI=1S/C39H36BNOS/c1-26-21-23-27(24-22-26)29-13-10-14-30(25-29)41-38-32-16-5-8-18-34(32)42-35(38)19-7-3-12-28-11-2-4-15-31(28)37-33-17-6-9-20-36(33)43-39(37)40/h2,4-6,8-11,13-18,20-21,23-26,41H,3,7,12,19,22,40H2,1H3. The van der Waals surface area contributed by atoms with E-state index in [-0.39, 0.29) is 0 Å². The van der Waals surface area contributed by atoms with Crippen LogP contribution in [0, 0.1) is 5.92 Å². The van der Waals surface area contributed by atoms with Crippen LogP contribution in [0.2, 0.25) is 0 Å². The zero-order chi connectivity index (χ0) is 29.2. The van der Waals surface area contributed by atoms with Crippen LogP contribution in [0.1, 0.15) is 43.1 Å². The van der Waals surface area contributed by atoms with E-state index < -0.39 is 0 Å². The monoisotopic (exact) mass is 577 g/mol. The van der Waals surface area contributed by atoms with Gasteiger partial charge in [0.05, 0.1) is 5.69 Å². The Morgan fingerprint density at radius 2 is 1.65 bits per heavy atom. The van der Waals surface area contributed by atoms with Crippen molar-refractivity contribution in [2.75, 3.05) is 5.32 Å². The summed E-state index contributed by atoms with van der Waals surface area (Å²) in [7, 11) is 2.26. The van der Waals surface area contributed by atoms with E-state index >= 15 is 0 Å². The minimum absolute atomic E-state index is 0.609. The Labute approximate surface area is 259 Å². The quantitative estimate of drug-likeness (QED) is 0.137. The van der Waals surface area contributed by atoms with Crippen molar-refractivity contribution in [2.24, 2.45) is 5.92 Å². The van der Waals surface area contributed by atoms with Gasteiger partial charge in [0.2, 0.25) is 0 Å². The number of para-hydroxylation sites is 1. The van der Waals surface area contributed by atoms with Crippen molar-refractivity contribution in [3.05, 3.63) is 132 Å². The van der Waals surface area contributed by atoms with E-state index in [0.29, 0.717) is 5.92 Å². The number of furan rings is 1. The molecular weight excluding hydrogens is 541 g/mol. The van der Waals surface area contributed by atoms with Crippen LogP contribution in [0.25, 0.3) is 37.8 Å². The zero-order valence-electron chi connectivity index (χ0n) is 24.9. The van der Waals surface area contributed by atoms with Gasteiger partial charge in [0.1, 0.15) is 11.3 Å². The molecule has 1 aliphatic rings. The van der Waals surface area contributed by atoms with Crippen LogP contribution in [0.4, 0.5) is 11.4 Å². The lowest BCUT2D eigenvalue weighted by atomic mass is 9.89. The second-order valence-corrected chi connectivity index (χ2v) is 13.0. The molecule has 6 aromatic rings. The summed E-state index contributed by atoms with van der Waals surface area (Å²) in [5.74, 6) is 1.64. The van der Waals surface area contributed by atoms with Gasteiger partial charge in [0.25, 0.3) is 0 Å². The van der Waals surface area contributed by atoms with Crippen LogP contribution in [0.3, 0.4) is 0 Å². The van der Waals surface area contributed by atoms with Gasteiger partial charge in [-0.3, -0.25) is 0 Å². The lowest BCUT2D eigenvalue weighted by Crippen LogP contribution is -2.01. The number of allylic oxidation sites excluding steroid dienone is 4. The Morgan fingerprint density at radius 1 is 0.860 bits per heavy atom. The molecule has 4 heteroatoms. The Morgan fingerprint density at radius 3 is 2.53 bits per heavy atom. The van der Waals surface area contributed by atoms with Gasteiger partial charge in [-0.05, 0) is 99.9 Å². The highest BCUT2D eigenvalue weighted by Crippen LogP contribution is 2.37. The summed E-state index contributed by atoms with van der Waals surface area (Å²) in [6.45, 7) is 2.26. The van der Waals surface area contributed by atoms with Crippen molar-refractivity contribution in [3.8, 4) is 11.1 Å². The molecule has 0 saturated heterocycles. The molecule has 1 N–H and O–H groups in total. The first-order valence-corrected chi connectivity index (χ1v) is 16.3. The summed E-state index contributed by atoms with van der Waals surface area (Å²) >= 11 is 1.90. The number of anilines is 2. The van der Waals surface area contributed by atoms with Crippen LogP contribution >= 0.6 is 11.3 Å². The molecule has 7 rings (SSSR count). The fourth-order valence-electron chi connectivity index (χ4n) is 6.36. The maximum Gasteiger partial charge on any atom is 0.153 e. The minimum atomic E-state index is 0.609. The number of nitrogens with one attached hydrogen (secondary N) is 1. The number of rotatable bonds is 9. The predicted molar refractivity (Wildman–Crippen MR) is 189 cm³/mol. The minimum Gasteiger partial charge on any atom is -0.459 e. The molecule has 1 atom stereocenters. The average Bonchev–Trinajstić information content (AvgIpc) is 3.56. The molecule has 2 nitrogen and oxygen atoms in total. The second-order valence-electron chi connectivity index (χ2n) is 11.7. The van der Waals surface area contributed by atoms with Gasteiger partial charge in [-0.1, -0.05) is 91.9 Å². The Kier molecular flexibility index (Phi) is 7.78. The third-order valence-electron chi connectivity index (χ3n) is 8.61. The number of hydrogen-bond acceptors (Lipinski definition) is 3. The molecule has 0 amide bonds. The van der Waals surface area contributed by atoms with E-state index in [9.17, 15) is 0 Å². The van der Waals surface area contributed by atoms with Gasteiger partial charge in [-0.2, -0.15) is 11.3 Å². The molecule has 43 heavy (non-hydrogen) atoms. The molecule has 1 unspecified atom stereocenters. The maximum absolute atomic E-state index is 6.44. The van der Waals surface area contributed by atoms with Crippen molar-refractivity contribution < 1.29 is 4.42 Å². The summed E-state index contributed by atoms with van der Waals surface area (Å²) in [5, 5.41) is 6.25. The predicted octanol–water partition coefficient (Wildman–Crippen LogP) is 9.86. The maximum atomic E-state index is 6.44. The van der Waals surface area contributed by atoms with Crippen LogP contribution in [0.15, 0.2) is 120 Å². The Balaban J connectivity index is 1.09. The molecule has 1 aliphatic carbocycles. The van der Waals surface area contributed by atoms with Gasteiger partial charge >= 0.3 is 0 Å². The van der Waals surface area contributed by atoms with Crippen LogP contribution in [-0.2, 0) is 12.8 Å². The molecule has 4 aromatic carbocycles. The van der Waals surface area contributed by atoms with Gasteiger partial charge < -0.3 is 9.73 Å². The SMILES string of the molecule is Bc1sc2ccccc2c1-c1ccccc1CCCCc1oc2ccccc2c1Nc1cccc(C2=CCC(C)C=C2)c1. The molecule has 0 radical (unpaired) electrons. The van der Waals surface area contributed by atoms with Crippen LogP contribution in [0.5, 0.6) is 0 Å². The number of aryl methyl sites for hydroxylation is 2. The first-order valence-electron chi connectivity index (χ1n) is 15.5. The largest absolute Gasteiger partial charge is 0.459 e. The van der Waals surface area contributed by atoms with Crippen LogP contribution < -0.4 is 10.1 Å². The highest BCUT2D eigenvalue weighted by Gasteiger charge is 2.16.